The molecule has 8 nitrogen and oxygen atoms in total. The fraction of sp³-hybridized carbons (Fsp3) is 0.647. The zero-order chi connectivity index (χ0) is 18.6. The quantitative estimate of drug-likeness (QED) is 0.778. The van der Waals surface area contributed by atoms with Crippen molar-refractivity contribution in [3.8, 4) is 0 Å². The van der Waals surface area contributed by atoms with Crippen molar-refractivity contribution in [2.24, 2.45) is 5.41 Å². The zero-order valence-corrected chi connectivity index (χ0v) is 14.9. The van der Waals surface area contributed by atoms with Gasteiger partial charge in [0.1, 0.15) is 5.82 Å². The Hall–Kier alpha value is -2.22. The Morgan fingerprint density at radius 2 is 2.12 bits per heavy atom. The second-order valence-corrected chi connectivity index (χ2v) is 6.64. The highest BCUT2D eigenvalue weighted by molar-refractivity contribution is 5.81. The van der Waals surface area contributed by atoms with Gasteiger partial charge in [-0.1, -0.05) is 0 Å². The number of H-pyrrole nitrogens is 1. The number of nitrogens with zero attached hydrogens (tertiary/aromatic N) is 2. The van der Waals surface area contributed by atoms with Crippen LogP contribution in [0.4, 0.5) is 0 Å². The van der Waals surface area contributed by atoms with Crippen LogP contribution in [-0.4, -0.2) is 58.7 Å². The molecule has 0 aromatic carbocycles. The summed E-state index contributed by atoms with van der Waals surface area (Å²) in [5, 5.41) is 9.66. The number of rotatable bonds is 6. The Kier molecular flexibility index (Phi) is 5.94. The second-order valence-electron chi connectivity index (χ2n) is 6.64. The van der Waals surface area contributed by atoms with Gasteiger partial charge in [0, 0.05) is 38.1 Å². The van der Waals surface area contributed by atoms with Crippen molar-refractivity contribution >= 4 is 11.9 Å². The van der Waals surface area contributed by atoms with E-state index >= 15 is 0 Å². The summed E-state index contributed by atoms with van der Waals surface area (Å²) in [6.45, 7) is 4.34. The van der Waals surface area contributed by atoms with Gasteiger partial charge in [-0.15, -0.1) is 0 Å². The standard InChI is InChI=1S/C17H25N3O5/c1-11-13(15(22)19-12(2)18-11)9-14(21)20-7-4-5-17(10-20,16(23)24)6-8-25-3/h4-10H2,1-3H3,(H,23,24)(H,18,19,22). The summed E-state index contributed by atoms with van der Waals surface area (Å²) >= 11 is 0. The number of carbonyl (C=O) groups is 2. The maximum absolute atomic E-state index is 12.7. The van der Waals surface area contributed by atoms with Gasteiger partial charge in [0.15, 0.2) is 0 Å². The van der Waals surface area contributed by atoms with Gasteiger partial charge in [0.2, 0.25) is 5.91 Å². The van der Waals surface area contributed by atoms with Crippen molar-refractivity contribution in [3.63, 3.8) is 0 Å². The van der Waals surface area contributed by atoms with Gasteiger partial charge in [-0.25, -0.2) is 4.98 Å². The molecule has 1 unspecified atom stereocenters. The van der Waals surface area contributed by atoms with Crippen molar-refractivity contribution in [1.82, 2.24) is 14.9 Å². The highest BCUT2D eigenvalue weighted by Gasteiger charge is 2.43. The molecule has 1 saturated heterocycles. The summed E-state index contributed by atoms with van der Waals surface area (Å²) in [6, 6.07) is 0. The number of methoxy groups -OCH3 is 1. The maximum atomic E-state index is 12.7. The van der Waals surface area contributed by atoms with Crippen LogP contribution in [0.15, 0.2) is 4.79 Å². The normalized spacial score (nSPS) is 20.5. The highest BCUT2D eigenvalue weighted by atomic mass is 16.5. The van der Waals surface area contributed by atoms with Crippen LogP contribution in [-0.2, 0) is 20.7 Å². The third-order valence-electron chi connectivity index (χ3n) is 4.84. The molecule has 25 heavy (non-hydrogen) atoms. The van der Waals surface area contributed by atoms with Gasteiger partial charge in [-0.05, 0) is 33.1 Å². The number of carbonyl (C=O) groups excluding carboxylic acids is 1. The molecule has 1 fully saturated rings. The van der Waals surface area contributed by atoms with Crippen LogP contribution in [0.25, 0.3) is 0 Å². The van der Waals surface area contributed by atoms with Gasteiger partial charge >= 0.3 is 5.97 Å². The van der Waals surface area contributed by atoms with Crippen LogP contribution < -0.4 is 5.56 Å². The highest BCUT2D eigenvalue weighted by Crippen LogP contribution is 2.34. The van der Waals surface area contributed by atoms with E-state index in [4.69, 9.17) is 4.74 Å². The molecule has 1 amide bonds. The lowest BCUT2D eigenvalue weighted by molar-refractivity contribution is -0.156. The average molecular weight is 351 g/mol. The van der Waals surface area contributed by atoms with Crippen LogP contribution in [0.1, 0.15) is 36.3 Å². The summed E-state index contributed by atoms with van der Waals surface area (Å²) in [6.07, 6.45) is 1.41. The van der Waals surface area contributed by atoms with Crippen LogP contribution in [0.5, 0.6) is 0 Å². The number of ether oxygens (including phenoxy) is 1. The minimum atomic E-state index is -0.989. The van der Waals surface area contributed by atoms with E-state index in [1.54, 1.807) is 18.7 Å². The van der Waals surface area contributed by atoms with Gasteiger partial charge in [0.05, 0.1) is 11.8 Å². The molecule has 2 rings (SSSR count). The molecule has 1 atom stereocenters. The fourth-order valence-electron chi connectivity index (χ4n) is 3.35. The molecule has 0 radical (unpaired) electrons. The monoisotopic (exact) mass is 351 g/mol. The Morgan fingerprint density at radius 3 is 2.72 bits per heavy atom. The maximum Gasteiger partial charge on any atom is 0.311 e. The molecule has 0 spiro atoms. The molecule has 1 aliphatic rings. The number of aryl methyl sites for hydroxylation is 2. The number of carboxylic acid groups (broad SMARTS) is 1. The summed E-state index contributed by atoms with van der Waals surface area (Å²) in [5.74, 6) is -0.656. The Morgan fingerprint density at radius 1 is 1.40 bits per heavy atom. The molecular weight excluding hydrogens is 326 g/mol. The molecule has 2 N–H and O–H groups in total. The van der Waals surface area contributed by atoms with Crippen LogP contribution in [0.3, 0.4) is 0 Å². The topological polar surface area (TPSA) is 113 Å². The van der Waals surface area contributed by atoms with Gasteiger partial charge < -0.3 is 19.7 Å². The van der Waals surface area contributed by atoms with Crippen molar-refractivity contribution in [3.05, 3.63) is 27.4 Å². The fourth-order valence-corrected chi connectivity index (χ4v) is 3.35. The molecule has 1 aromatic rings. The molecule has 1 aromatic heterocycles. The smallest absolute Gasteiger partial charge is 0.311 e. The number of nitrogens with one attached hydrogen (secondary N) is 1. The first kappa shape index (κ1) is 19.1. The number of piperidine rings is 1. The van der Waals surface area contributed by atoms with Crippen LogP contribution in [0.2, 0.25) is 0 Å². The minimum Gasteiger partial charge on any atom is -0.481 e. The Labute approximate surface area is 146 Å². The molecule has 138 valence electrons. The SMILES string of the molecule is COCCC1(C(=O)O)CCCN(C(=O)Cc2c(C)nc(C)[nH]c2=O)C1. The summed E-state index contributed by atoms with van der Waals surface area (Å²) in [7, 11) is 1.53. The van der Waals surface area contributed by atoms with E-state index in [-0.39, 0.29) is 24.4 Å². The third kappa shape index (κ3) is 4.25. The number of aromatic nitrogens is 2. The van der Waals surface area contributed by atoms with E-state index in [2.05, 4.69) is 9.97 Å². The third-order valence-corrected chi connectivity index (χ3v) is 4.84. The minimum absolute atomic E-state index is 0.0750. The van der Waals surface area contributed by atoms with E-state index < -0.39 is 11.4 Å². The van der Waals surface area contributed by atoms with E-state index in [9.17, 15) is 19.5 Å². The lowest BCUT2D eigenvalue weighted by atomic mass is 9.77. The first-order valence-electron chi connectivity index (χ1n) is 8.35. The van der Waals surface area contributed by atoms with Crippen molar-refractivity contribution in [2.75, 3.05) is 26.8 Å². The molecular formula is C17H25N3O5. The van der Waals surface area contributed by atoms with Crippen molar-refractivity contribution in [2.45, 2.75) is 39.5 Å². The number of hydrogen-bond acceptors (Lipinski definition) is 5. The summed E-state index contributed by atoms with van der Waals surface area (Å²) in [5.41, 5.74) is -0.453. The number of hydrogen-bond donors (Lipinski definition) is 2. The molecule has 0 bridgehead atoms. The first-order valence-corrected chi connectivity index (χ1v) is 8.35. The predicted molar refractivity (Wildman–Crippen MR) is 90.4 cm³/mol. The lowest BCUT2D eigenvalue weighted by Crippen LogP contribution is -2.51. The zero-order valence-electron chi connectivity index (χ0n) is 14.9. The average Bonchev–Trinajstić information content (AvgIpc) is 2.56. The number of aliphatic carboxylic acids is 1. The molecule has 0 saturated carbocycles. The predicted octanol–water partition coefficient (Wildman–Crippen LogP) is 0.659. The van der Waals surface area contributed by atoms with E-state index in [0.717, 1.165) is 0 Å². The van der Waals surface area contributed by atoms with E-state index in [1.807, 2.05) is 0 Å². The van der Waals surface area contributed by atoms with Gasteiger partial charge in [0.25, 0.3) is 5.56 Å². The molecule has 0 aliphatic carbocycles. The molecule has 8 heteroatoms. The second kappa shape index (κ2) is 7.77. The van der Waals surface area contributed by atoms with Gasteiger partial charge in [-0.2, -0.15) is 0 Å². The number of amides is 1. The summed E-state index contributed by atoms with van der Waals surface area (Å²) in [4.78, 5) is 44.9. The van der Waals surface area contributed by atoms with E-state index in [1.165, 1.54) is 7.11 Å². The Balaban J connectivity index is 2.17. The number of likely N-dealkylation sites (tertiary alicyclic amines) is 1. The van der Waals surface area contributed by atoms with Crippen LogP contribution >= 0.6 is 0 Å². The van der Waals surface area contributed by atoms with Crippen molar-refractivity contribution in [1.29, 1.82) is 0 Å². The Bertz CT molecular complexity index is 715. The van der Waals surface area contributed by atoms with Crippen molar-refractivity contribution < 1.29 is 19.4 Å². The van der Waals surface area contributed by atoms with E-state index in [0.29, 0.717) is 49.5 Å². The van der Waals surface area contributed by atoms with Crippen LogP contribution in [0, 0.1) is 19.3 Å². The largest absolute Gasteiger partial charge is 0.481 e. The van der Waals surface area contributed by atoms with Gasteiger partial charge in [-0.3, -0.25) is 14.4 Å². The molecule has 1 aliphatic heterocycles. The number of aromatic amines is 1. The summed E-state index contributed by atoms with van der Waals surface area (Å²) < 4.78 is 5.03. The lowest BCUT2D eigenvalue weighted by Gasteiger charge is -2.40. The molecule has 2 heterocycles. The first-order chi connectivity index (χ1) is 11.8. The number of carboxylic acids is 1.